The number of ether oxygens (including phenoxy) is 1. The Labute approximate surface area is 117 Å². The molecular weight excluding hydrogens is 265 g/mol. The summed E-state index contributed by atoms with van der Waals surface area (Å²) in [6.07, 6.45) is 0.701. The van der Waals surface area contributed by atoms with Crippen molar-refractivity contribution in [3.05, 3.63) is 58.4 Å². The fourth-order valence-corrected chi connectivity index (χ4v) is 1.96. The van der Waals surface area contributed by atoms with E-state index in [4.69, 9.17) is 22.1 Å². The molecule has 0 heterocycles. The summed E-state index contributed by atoms with van der Waals surface area (Å²) in [4.78, 5) is 0. The molecule has 0 atom stereocenters. The molecule has 2 aromatic rings. The minimum absolute atomic E-state index is 0.249. The normalized spacial score (nSPS) is 10.5. The predicted molar refractivity (Wildman–Crippen MR) is 75.4 cm³/mol. The first-order valence-electron chi connectivity index (χ1n) is 6.02. The second-order valence-electron chi connectivity index (χ2n) is 4.30. The highest BCUT2D eigenvalue weighted by atomic mass is 35.5. The topological polar surface area (TPSA) is 35.2 Å². The van der Waals surface area contributed by atoms with E-state index in [1.165, 1.54) is 6.07 Å². The smallest absolute Gasteiger partial charge is 0.132 e. The highest BCUT2D eigenvalue weighted by molar-refractivity contribution is 6.30. The summed E-state index contributed by atoms with van der Waals surface area (Å²) in [7, 11) is 0. The van der Waals surface area contributed by atoms with Crippen LogP contribution in [0.3, 0.4) is 0 Å². The van der Waals surface area contributed by atoms with Gasteiger partial charge in [-0.05, 0) is 61.3 Å². The van der Waals surface area contributed by atoms with Crippen molar-refractivity contribution in [3.8, 4) is 11.5 Å². The van der Waals surface area contributed by atoms with E-state index in [0.29, 0.717) is 35.1 Å². The zero-order valence-corrected chi connectivity index (χ0v) is 11.4. The van der Waals surface area contributed by atoms with Crippen LogP contribution >= 0.6 is 11.6 Å². The number of hydrogen-bond acceptors (Lipinski definition) is 2. The molecule has 2 nitrogen and oxygen atoms in total. The molecule has 100 valence electrons. The van der Waals surface area contributed by atoms with E-state index in [2.05, 4.69) is 0 Å². The van der Waals surface area contributed by atoms with E-state index in [1.807, 2.05) is 6.07 Å². The SMILES string of the molecule is Cc1cc(Oc2cc(Cl)ccc2CCN)ccc1F. The van der Waals surface area contributed by atoms with Gasteiger partial charge in [0.15, 0.2) is 0 Å². The van der Waals surface area contributed by atoms with Gasteiger partial charge in [-0.15, -0.1) is 0 Å². The lowest BCUT2D eigenvalue weighted by Gasteiger charge is -2.12. The third kappa shape index (κ3) is 3.46. The van der Waals surface area contributed by atoms with Crippen LogP contribution in [0.2, 0.25) is 5.02 Å². The standard InChI is InChI=1S/C15H15ClFNO/c1-10-8-13(4-5-14(10)17)19-15-9-12(16)3-2-11(15)6-7-18/h2-5,8-9H,6-7,18H2,1H3. The predicted octanol–water partition coefficient (Wildman–Crippen LogP) is 4.08. The number of hydrogen-bond donors (Lipinski definition) is 1. The van der Waals surface area contributed by atoms with Gasteiger partial charge in [-0.3, -0.25) is 0 Å². The van der Waals surface area contributed by atoms with E-state index < -0.39 is 0 Å². The van der Waals surface area contributed by atoms with Crippen molar-refractivity contribution >= 4 is 11.6 Å². The average Bonchev–Trinajstić information content (AvgIpc) is 2.37. The van der Waals surface area contributed by atoms with E-state index in [-0.39, 0.29) is 5.82 Å². The van der Waals surface area contributed by atoms with E-state index in [9.17, 15) is 4.39 Å². The van der Waals surface area contributed by atoms with Gasteiger partial charge in [-0.25, -0.2) is 4.39 Å². The largest absolute Gasteiger partial charge is 0.457 e. The van der Waals surface area contributed by atoms with Gasteiger partial charge >= 0.3 is 0 Å². The van der Waals surface area contributed by atoms with Crippen molar-refractivity contribution in [2.75, 3.05) is 6.54 Å². The summed E-state index contributed by atoms with van der Waals surface area (Å²) in [5.74, 6) is 0.990. The summed E-state index contributed by atoms with van der Waals surface area (Å²) < 4.78 is 19.0. The quantitative estimate of drug-likeness (QED) is 0.915. The van der Waals surface area contributed by atoms with Crippen LogP contribution in [0, 0.1) is 12.7 Å². The minimum atomic E-state index is -0.249. The third-order valence-corrected chi connectivity index (χ3v) is 3.04. The zero-order valence-electron chi connectivity index (χ0n) is 10.6. The number of benzene rings is 2. The molecule has 0 aromatic heterocycles. The van der Waals surface area contributed by atoms with Crippen LogP contribution in [0.15, 0.2) is 36.4 Å². The summed E-state index contributed by atoms with van der Waals surface area (Å²) in [6.45, 7) is 2.22. The molecule has 0 aliphatic carbocycles. The van der Waals surface area contributed by atoms with Crippen molar-refractivity contribution in [2.24, 2.45) is 5.73 Å². The molecule has 2 N–H and O–H groups in total. The van der Waals surface area contributed by atoms with Gasteiger partial charge < -0.3 is 10.5 Å². The molecule has 0 saturated heterocycles. The Morgan fingerprint density at radius 3 is 2.68 bits per heavy atom. The lowest BCUT2D eigenvalue weighted by atomic mass is 10.1. The van der Waals surface area contributed by atoms with Crippen molar-refractivity contribution in [2.45, 2.75) is 13.3 Å². The highest BCUT2D eigenvalue weighted by Crippen LogP contribution is 2.29. The Kier molecular flexibility index (Phi) is 4.40. The van der Waals surface area contributed by atoms with E-state index in [0.717, 1.165) is 5.56 Å². The number of nitrogens with two attached hydrogens (primary N) is 1. The molecule has 0 unspecified atom stereocenters. The van der Waals surface area contributed by atoms with Crippen LogP contribution < -0.4 is 10.5 Å². The van der Waals surface area contributed by atoms with Crippen molar-refractivity contribution < 1.29 is 9.13 Å². The van der Waals surface area contributed by atoms with Gasteiger partial charge in [-0.1, -0.05) is 17.7 Å². The summed E-state index contributed by atoms with van der Waals surface area (Å²) in [5, 5.41) is 0.592. The van der Waals surface area contributed by atoms with Crippen LogP contribution in [0.4, 0.5) is 4.39 Å². The highest BCUT2D eigenvalue weighted by Gasteiger charge is 2.07. The number of halogens is 2. The number of aryl methyl sites for hydroxylation is 1. The monoisotopic (exact) mass is 279 g/mol. The maximum absolute atomic E-state index is 13.2. The minimum Gasteiger partial charge on any atom is -0.457 e. The molecule has 2 rings (SSSR count). The van der Waals surface area contributed by atoms with Crippen LogP contribution in [0.1, 0.15) is 11.1 Å². The summed E-state index contributed by atoms with van der Waals surface area (Å²) in [6, 6.07) is 10.1. The van der Waals surface area contributed by atoms with Crippen LogP contribution in [-0.4, -0.2) is 6.54 Å². The van der Waals surface area contributed by atoms with Gasteiger partial charge in [0.1, 0.15) is 17.3 Å². The molecule has 0 amide bonds. The van der Waals surface area contributed by atoms with Gasteiger partial charge in [0, 0.05) is 5.02 Å². The molecule has 0 spiro atoms. The molecule has 19 heavy (non-hydrogen) atoms. The van der Waals surface area contributed by atoms with Gasteiger partial charge in [0.25, 0.3) is 0 Å². The van der Waals surface area contributed by atoms with E-state index in [1.54, 1.807) is 31.2 Å². The summed E-state index contributed by atoms with van der Waals surface area (Å²) >= 11 is 5.97. The second kappa shape index (κ2) is 6.04. The van der Waals surface area contributed by atoms with Crippen molar-refractivity contribution in [1.29, 1.82) is 0 Å². The lowest BCUT2D eigenvalue weighted by molar-refractivity contribution is 0.473. The molecule has 0 aliphatic heterocycles. The molecule has 2 aromatic carbocycles. The molecule has 0 fully saturated rings. The molecular formula is C15H15ClFNO. The first-order chi connectivity index (χ1) is 9.10. The maximum Gasteiger partial charge on any atom is 0.132 e. The Morgan fingerprint density at radius 2 is 2.00 bits per heavy atom. The van der Waals surface area contributed by atoms with Crippen LogP contribution in [0.5, 0.6) is 11.5 Å². The van der Waals surface area contributed by atoms with Crippen LogP contribution in [-0.2, 0) is 6.42 Å². The van der Waals surface area contributed by atoms with Crippen molar-refractivity contribution in [3.63, 3.8) is 0 Å². The fourth-order valence-electron chi connectivity index (χ4n) is 1.79. The third-order valence-electron chi connectivity index (χ3n) is 2.80. The van der Waals surface area contributed by atoms with Gasteiger partial charge in [-0.2, -0.15) is 0 Å². The van der Waals surface area contributed by atoms with Crippen molar-refractivity contribution in [1.82, 2.24) is 0 Å². The second-order valence-corrected chi connectivity index (χ2v) is 4.74. The molecule has 0 radical (unpaired) electrons. The average molecular weight is 280 g/mol. The molecule has 0 saturated carbocycles. The van der Waals surface area contributed by atoms with Crippen LogP contribution in [0.25, 0.3) is 0 Å². The Hall–Kier alpha value is -1.58. The van der Waals surface area contributed by atoms with Gasteiger partial charge in [0.2, 0.25) is 0 Å². The number of rotatable bonds is 4. The fraction of sp³-hybridized carbons (Fsp3) is 0.200. The Balaban J connectivity index is 2.30. The first kappa shape index (κ1) is 13.8. The zero-order chi connectivity index (χ0) is 13.8. The summed E-state index contributed by atoms with van der Waals surface area (Å²) in [5.41, 5.74) is 7.09. The molecule has 0 aliphatic rings. The Bertz CT molecular complexity index is 586. The lowest BCUT2D eigenvalue weighted by Crippen LogP contribution is -2.04. The Morgan fingerprint density at radius 1 is 1.21 bits per heavy atom. The van der Waals surface area contributed by atoms with E-state index >= 15 is 0 Å². The van der Waals surface area contributed by atoms with Gasteiger partial charge in [0.05, 0.1) is 0 Å². The first-order valence-corrected chi connectivity index (χ1v) is 6.40. The molecule has 0 bridgehead atoms. The molecule has 4 heteroatoms. The maximum atomic E-state index is 13.2.